The fourth-order valence-electron chi connectivity index (χ4n) is 2.65. The van der Waals surface area contributed by atoms with Gasteiger partial charge in [-0.2, -0.15) is 0 Å². The molecule has 2 nitrogen and oxygen atoms in total. The molecule has 2 rings (SSSR count). The van der Waals surface area contributed by atoms with Crippen LogP contribution in [0.1, 0.15) is 37.7 Å². The summed E-state index contributed by atoms with van der Waals surface area (Å²) in [5.74, 6) is 1.85. The smallest absolute Gasteiger partial charge is 0.119 e. The molecular formula is C16H24BrNO. The Labute approximate surface area is 125 Å². The van der Waals surface area contributed by atoms with Gasteiger partial charge in [0, 0.05) is 11.0 Å². The fourth-order valence-corrected chi connectivity index (χ4v) is 2.89. The summed E-state index contributed by atoms with van der Waals surface area (Å²) in [6.45, 7) is 4.92. The lowest BCUT2D eigenvalue weighted by Gasteiger charge is -2.21. The largest absolute Gasteiger partial charge is 0.492 e. The van der Waals surface area contributed by atoms with Crippen LogP contribution in [0.4, 0.5) is 0 Å². The Bertz CT molecular complexity index is 388. The Morgan fingerprint density at radius 3 is 2.79 bits per heavy atom. The molecule has 0 aromatic heterocycles. The minimum Gasteiger partial charge on any atom is -0.492 e. The zero-order valence-electron chi connectivity index (χ0n) is 11.8. The van der Waals surface area contributed by atoms with Crippen LogP contribution in [0.3, 0.4) is 0 Å². The van der Waals surface area contributed by atoms with E-state index >= 15 is 0 Å². The minimum atomic E-state index is 0.744. The molecule has 1 aliphatic carbocycles. The van der Waals surface area contributed by atoms with Crippen molar-refractivity contribution in [2.45, 2.75) is 39.0 Å². The molecule has 106 valence electrons. The van der Waals surface area contributed by atoms with Crippen molar-refractivity contribution in [1.29, 1.82) is 0 Å². The summed E-state index contributed by atoms with van der Waals surface area (Å²) in [4.78, 5) is 0. The summed E-state index contributed by atoms with van der Waals surface area (Å²) in [5, 5.41) is 3.52. The fraction of sp³-hybridized carbons (Fsp3) is 0.625. The van der Waals surface area contributed by atoms with Gasteiger partial charge in [0.2, 0.25) is 0 Å². The Hall–Kier alpha value is -0.540. The second-order valence-corrected chi connectivity index (χ2v) is 6.32. The van der Waals surface area contributed by atoms with Gasteiger partial charge in [-0.15, -0.1) is 0 Å². The molecule has 0 heterocycles. The van der Waals surface area contributed by atoms with Gasteiger partial charge < -0.3 is 10.1 Å². The van der Waals surface area contributed by atoms with Crippen molar-refractivity contribution in [3.63, 3.8) is 0 Å². The van der Waals surface area contributed by atoms with Crippen LogP contribution in [0, 0.1) is 12.8 Å². The monoisotopic (exact) mass is 325 g/mol. The molecule has 3 heteroatoms. The molecule has 0 unspecified atom stereocenters. The van der Waals surface area contributed by atoms with Crippen molar-refractivity contribution >= 4 is 15.9 Å². The first-order valence-electron chi connectivity index (χ1n) is 7.35. The molecule has 1 aliphatic rings. The number of aryl methyl sites for hydroxylation is 1. The summed E-state index contributed by atoms with van der Waals surface area (Å²) < 4.78 is 6.88. The average molecular weight is 326 g/mol. The van der Waals surface area contributed by atoms with Crippen molar-refractivity contribution in [1.82, 2.24) is 5.32 Å². The van der Waals surface area contributed by atoms with Crippen molar-refractivity contribution in [2.24, 2.45) is 5.92 Å². The lowest BCUT2D eigenvalue weighted by Crippen LogP contribution is -2.28. The number of benzene rings is 1. The molecule has 0 bridgehead atoms. The Balaban J connectivity index is 1.59. The summed E-state index contributed by atoms with van der Waals surface area (Å²) in [6.07, 6.45) is 7.07. The maximum Gasteiger partial charge on any atom is 0.119 e. The van der Waals surface area contributed by atoms with Gasteiger partial charge in [-0.25, -0.2) is 0 Å². The molecular weight excluding hydrogens is 302 g/mol. The maximum absolute atomic E-state index is 5.75. The van der Waals surface area contributed by atoms with E-state index in [1.165, 1.54) is 37.7 Å². The average Bonchev–Trinajstić information content (AvgIpc) is 2.43. The Morgan fingerprint density at radius 1 is 1.26 bits per heavy atom. The number of hydrogen-bond donors (Lipinski definition) is 1. The highest BCUT2D eigenvalue weighted by Crippen LogP contribution is 2.23. The van der Waals surface area contributed by atoms with Gasteiger partial charge in [-0.1, -0.05) is 35.2 Å². The van der Waals surface area contributed by atoms with E-state index in [9.17, 15) is 0 Å². The normalized spacial score (nSPS) is 16.5. The highest BCUT2D eigenvalue weighted by atomic mass is 79.9. The molecule has 0 spiro atoms. The van der Waals surface area contributed by atoms with Gasteiger partial charge in [0.1, 0.15) is 12.4 Å². The summed E-state index contributed by atoms with van der Waals surface area (Å²) in [5.41, 5.74) is 1.22. The summed E-state index contributed by atoms with van der Waals surface area (Å²) in [6, 6.07) is 6.13. The van der Waals surface area contributed by atoms with Gasteiger partial charge in [0.15, 0.2) is 0 Å². The molecule has 1 saturated carbocycles. The topological polar surface area (TPSA) is 21.3 Å². The lowest BCUT2D eigenvalue weighted by atomic mass is 9.89. The first-order valence-corrected chi connectivity index (χ1v) is 8.14. The van der Waals surface area contributed by atoms with Crippen LogP contribution in [0.5, 0.6) is 5.75 Å². The van der Waals surface area contributed by atoms with Crippen LogP contribution in [0.25, 0.3) is 0 Å². The number of hydrogen-bond acceptors (Lipinski definition) is 2. The third-order valence-corrected chi connectivity index (χ3v) is 4.72. The standard InChI is InChI=1S/C16H24BrNO/c1-13-11-15(7-8-16(13)17)19-10-9-18-12-14-5-3-2-4-6-14/h7-8,11,14,18H,2-6,9-10,12H2,1H3. The second kappa shape index (κ2) is 7.91. The molecule has 1 aromatic carbocycles. The third kappa shape index (κ3) is 5.15. The quantitative estimate of drug-likeness (QED) is 0.787. The molecule has 1 aromatic rings. The van der Waals surface area contributed by atoms with Crippen LogP contribution in [0.15, 0.2) is 22.7 Å². The van der Waals surface area contributed by atoms with Crippen molar-refractivity contribution < 1.29 is 4.74 Å². The number of ether oxygens (including phenoxy) is 1. The zero-order valence-corrected chi connectivity index (χ0v) is 13.3. The van der Waals surface area contributed by atoms with E-state index in [1.807, 2.05) is 12.1 Å². The van der Waals surface area contributed by atoms with E-state index in [0.29, 0.717) is 0 Å². The first-order chi connectivity index (χ1) is 9.25. The Kier molecular flexibility index (Phi) is 6.18. The molecule has 0 saturated heterocycles. The lowest BCUT2D eigenvalue weighted by molar-refractivity contribution is 0.294. The zero-order chi connectivity index (χ0) is 13.5. The molecule has 1 fully saturated rings. The van der Waals surface area contributed by atoms with Crippen LogP contribution >= 0.6 is 15.9 Å². The van der Waals surface area contributed by atoms with Crippen molar-refractivity contribution in [2.75, 3.05) is 19.7 Å². The van der Waals surface area contributed by atoms with E-state index in [4.69, 9.17) is 4.74 Å². The van der Waals surface area contributed by atoms with Crippen LogP contribution in [-0.2, 0) is 0 Å². The van der Waals surface area contributed by atoms with Crippen molar-refractivity contribution in [3.8, 4) is 5.75 Å². The van der Waals surface area contributed by atoms with E-state index in [-0.39, 0.29) is 0 Å². The molecule has 0 amide bonds. The van der Waals surface area contributed by atoms with Gasteiger partial charge in [-0.05, 0) is 56.0 Å². The molecule has 19 heavy (non-hydrogen) atoms. The second-order valence-electron chi connectivity index (χ2n) is 5.47. The number of rotatable bonds is 6. The van der Waals surface area contributed by atoms with Crippen LogP contribution in [-0.4, -0.2) is 19.7 Å². The van der Waals surface area contributed by atoms with Gasteiger partial charge in [0.05, 0.1) is 0 Å². The third-order valence-electron chi connectivity index (χ3n) is 3.83. The highest BCUT2D eigenvalue weighted by molar-refractivity contribution is 9.10. The molecule has 0 radical (unpaired) electrons. The predicted molar refractivity (Wildman–Crippen MR) is 83.8 cm³/mol. The maximum atomic E-state index is 5.75. The predicted octanol–water partition coefficient (Wildman–Crippen LogP) is 4.31. The number of nitrogens with one attached hydrogen (secondary N) is 1. The van der Waals surface area contributed by atoms with Gasteiger partial charge >= 0.3 is 0 Å². The van der Waals surface area contributed by atoms with Gasteiger partial charge in [-0.3, -0.25) is 0 Å². The van der Waals surface area contributed by atoms with Crippen LogP contribution < -0.4 is 10.1 Å². The summed E-state index contributed by atoms with van der Waals surface area (Å²) >= 11 is 3.50. The molecule has 1 N–H and O–H groups in total. The minimum absolute atomic E-state index is 0.744. The van der Waals surface area contributed by atoms with E-state index in [2.05, 4.69) is 34.2 Å². The highest BCUT2D eigenvalue weighted by Gasteiger charge is 2.12. The molecule has 0 aliphatic heterocycles. The van der Waals surface area contributed by atoms with E-state index in [1.54, 1.807) is 0 Å². The van der Waals surface area contributed by atoms with E-state index < -0.39 is 0 Å². The van der Waals surface area contributed by atoms with Crippen LogP contribution in [0.2, 0.25) is 0 Å². The first kappa shape index (κ1) is 14.9. The SMILES string of the molecule is Cc1cc(OCCNCC2CCCCC2)ccc1Br. The van der Waals surface area contributed by atoms with Gasteiger partial charge in [0.25, 0.3) is 0 Å². The van der Waals surface area contributed by atoms with Crippen molar-refractivity contribution in [3.05, 3.63) is 28.2 Å². The summed E-state index contributed by atoms with van der Waals surface area (Å²) in [7, 11) is 0. The Morgan fingerprint density at radius 2 is 2.05 bits per heavy atom. The number of halogens is 1. The van der Waals surface area contributed by atoms with E-state index in [0.717, 1.165) is 35.8 Å². The molecule has 0 atom stereocenters.